The molecule has 76 valence electrons. The fourth-order valence-electron chi connectivity index (χ4n) is 1.20. The molecule has 1 fully saturated rings. The van der Waals surface area contributed by atoms with E-state index in [9.17, 15) is 13.2 Å². The number of hydrogen-bond donors (Lipinski definition) is 0. The topological polar surface area (TPSA) is 54.5 Å². The average Bonchev–Trinajstić information content (AvgIpc) is 2.04. The molecule has 1 rings (SSSR count). The van der Waals surface area contributed by atoms with Gasteiger partial charge in [0.1, 0.15) is 0 Å². The molecule has 0 bridgehead atoms. The van der Waals surface area contributed by atoms with Crippen LogP contribution in [0, 0.1) is 0 Å². The number of halogens is 1. The monoisotopic (exact) mass is 269 g/mol. The molecule has 0 N–H and O–H groups in total. The van der Waals surface area contributed by atoms with Crippen molar-refractivity contribution in [3.05, 3.63) is 0 Å². The largest absolute Gasteiger partial charge is 0.341 e. The van der Waals surface area contributed by atoms with Gasteiger partial charge < -0.3 is 4.90 Å². The minimum Gasteiger partial charge on any atom is -0.341 e. The van der Waals surface area contributed by atoms with Gasteiger partial charge in [0.15, 0.2) is 9.84 Å². The van der Waals surface area contributed by atoms with E-state index in [1.807, 2.05) is 0 Å². The number of carbonyl (C=O) groups is 1. The summed E-state index contributed by atoms with van der Waals surface area (Å²) in [5.41, 5.74) is 0. The molecule has 0 unspecified atom stereocenters. The third kappa shape index (κ3) is 3.27. The number of hydrogen-bond acceptors (Lipinski definition) is 3. The molecular weight excluding hydrogens is 258 g/mol. The zero-order valence-corrected chi connectivity index (χ0v) is 9.60. The second-order valence-electron chi connectivity index (χ2n) is 2.97. The second-order valence-corrected chi connectivity index (χ2v) is 6.07. The molecule has 4 nitrogen and oxygen atoms in total. The maximum absolute atomic E-state index is 11.3. The van der Waals surface area contributed by atoms with E-state index in [2.05, 4.69) is 15.9 Å². The lowest BCUT2D eigenvalue weighted by Gasteiger charge is -2.26. The smallest absolute Gasteiger partial charge is 0.223 e. The number of rotatable bonds is 2. The Balaban J connectivity index is 2.45. The normalized spacial score (nSPS) is 21.5. The fraction of sp³-hybridized carbons (Fsp3) is 0.857. The molecule has 0 aromatic heterocycles. The van der Waals surface area contributed by atoms with Crippen molar-refractivity contribution in [1.82, 2.24) is 4.90 Å². The highest BCUT2D eigenvalue weighted by atomic mass is 79.9. The quantitative estimate of drug-likeness (QED) is 0.665. The van der Waals surface area contributed by atoms with Gasteiger partial charge in [0.05, 0.1) is 11.5 Å². The summed E-state index contributed by atoms with van der Waals surface area (Å²) in [5, 5.41) is 0.634. The van der Waals surface area contributed by atoms with Crippen LogP contribution in [0.1, 0.15) is 6.42 Å². The van der Waals surface area contributed by atoms with Crippen molar-refractivity contribution in [2.45, 2.75) is 6.42 Å². The highest BCUT2D eigenvalue weighted by Crippen LogP contribution is 2.05. The maximum Gasteiger partial charge on any atom is 0.223 e. The minimum absolute atomic E-state index is 0.0341. The molecule has 6 heteroatoms. The van der Waals surface area contributed by atoms with Crippen molar-refractivity contribution in [2.24, 2.45) is 0 Å². The van der Waals surface area contributed by atoms with Crippen LogP contribution < -0.4 is 0 Å². The molecular formula is C7H12BrNO3S. The molecule has 0 saturated carbocycles. The Morgan fingerprint density at radius 2 is 1.85 bits per heavy atom. The van der Waals surface area contributed by atoms with Crippen molar-refractivity contribution >= 4 is 31.7 Å². The first-order chi connectivity index (χ1) is 6.05. The molecule has 0 aromatic rings. The zero-order chi connectivity index (χ0) is 9.90. The fourth-order valence-corrected chi connectivity index (χ4v) is 2.74. The van der Waals surface area contributed by atoms with Crippen LogP contribution in [0.15, 0.2) is 0 Å². The van der Waals surface area contributed by atoms with Crippen LogP contribution in [-0.4, -0.2) is 49.2 Å². The van der Waals surface area contributed by atoms with Gasteiger partial charge >= 0.3 is 0 Å². The van der Waals surface area contributed by atoms with E-state index < -0.39 is 9.84 Å². The van der Waals surface area contributed by atoms with Gasteiger partial charge in [0.25, 0.3) is 0 Å². The summed E-state index contributed by atoms with van der Waals surface area (Å²) in [6.07, 6.45) is 0.444. The summed E-state index contributed by atoms with van der Waals surface area (Å²) in [6, 6.07) is 0. The van der Waals surface area contributed by atoms with E-state index in [1.54, 1.807) is 4.90 Å². The first-order valence-electron chi connectivity index (χ1n) is 4.09. The molecule has 1 aliphatic rings. The SMILES string of the molecule is O=C(CCBr)N1CCS(=O)(=O)CC1. The van der Waals surface area contributed by atoms with Crippen molar-refractivity contribution < 1.29 is 13.2 Å². The van der Waals surface area contributed by atoms with Crippen LogP contribution in [0.5, 0.6) is 0 Å². The number of alkyl halides is 1. The van der Waals surface area contributed by atoms with E-state index >= 15 is 0 Å². The van der Waals surface area contributed by atoms with E-state index in [1.165, 1.54) is 0 Å². The van der Waals surface area contributed by atoms with Crippen molar-refractivity contribution in [3.8, 4) is 0 Å². The molecule has 1 amide bonds. The lowest BCUT2D eigenvalue weighted by Crippen LogP contribution is -2.43. The molecule has 0 aliphatic carbocycles. The number of nitrogens with zero attached hydrogens (tertiary/aromatic N) is 1. The highest BCUT2D eigenvalue weighted by Gasteiger charge is 2.24. The molecule has 0 radical (unpaired) electrons. The Hall–Kier alpha value is -0.100. The number of carbonyl (C=O) groups excluding carboxylic acids is 1. The van der Waals surface area contributed by atoms with Crippen LogP contribution in [0.3, 0.4) is 0 Å². The van der Waals surface area contributed by atoms with Gasteiger partial charge in [-0.2, -0.15) is 0 Å². The second kappa shape index (κ2) is 4.41. The third-order valence-corrected chi connectivity index (χ3v) is 4.01. The van der Waals surface area contributed by atoms with E-state index in [0.29, 0.717) is 24.8 Å². The predicted octanol–water partition coefficient (Wildman–Crippen LogP) is 0.0284. The Morgan fingerprint density at radius 3 is 2.31 bits per heavy atom. The van der Waals surface area contributed by atoms with Gasteiger partial charge in [0.2, 0.25) is 5.91 Å². The van der Waals surface area contributed by atoms with E-state index in [4.69, 9.17) is 0 Å². The molecule has 1 heterocycles. The lowest BCUT2D eigenvalue weighted by atomic mass is 10.4. The van der Waals surface area contributed by atoms with Gasteiger partial charge in [-0.3, -0.25) is 4.79 Å². The molecule has 13 heavy (non-hydrogen) atoms. The van der Waals surface area contributed by atoms with Crippen LogP contribution >= 0.6 is 15.9 Å². The Morgan fingerprint density at radius 1 is 1.31 bits per heavy atom. The van der Waals surface area contributed by atoms with Gasteiger partial charge in [-0.05, 0) is 0 Å². The Bertz CT molecular complexity index is 274. The van der Waals surface area contributed by atoms with Crippen LogP contribution in [0.4, 0.5) is 0 Å². The molecule has 1 aliphatic heterocycles. The summed E-state index contributed by atoms with van der Waals surface area (Å²) in [5.74, 6) is 0.258. The Labute approximate surface area is 86.3 Å². The van der Waals surface area contributed by atoms with E-state index in [-0.39, 0.29) is 17.4 Å². The average molecular weight is 270 g/mol. The van der Waals surface area contributed by atoms with E-state index in [0.717, 1.165) is 0 Å². The molecule has 0 spiro atoms. The molecule has 1 saturated heterocycles. The first-order valence-corrected chi connectivity index (χ1v) is 7.03. The van der Waals surface area contributed by atoms with Gasteiger partial charge in [-0.1, -0.05) is 15.9 Å². The zero-order valence-electron chi connectivity index (χ0n) is 7.20. The van der Waals surface area contributed by atoms with Gasteiger partial charge in [-0.25, -0.2) is 8.42 Å². The first kappa shape index (κ1) is 11.0. The third-order valence-electron chi connectivity index (χ3n) is 2.01. The molecule has 0 atom stereocenters. The van der Waals surface area contributed by atoms with Gasteiger partial charge in [-0.15, -0.1) is 0 Å². The van der Waals surface area contributed by atoms with Crippen LogP contribution in [0.25, 0.3) is 0 Å². The predicted molar refractivity (Wildman–Crippen MR) is 53.6 cm³/mol. The lowest BCUT2D eigenvalue weighted by molar-refractivity contribution is -0.130. The summed E-state index contributed by atoms with van der Waals surface area (Å²) >= 11 is 3.17. The Kier molecular flexibility index (Phi) is 3.73. The van der Waals surface area contributed by atoms with Crippen molar-refractivity contribution in [3.63, 3.8) is 0 Å². The minimum atomic E-state index is -2.87. The standard InChI is InChI=1S/C7H12BrNO3S/c8-2-1-7(10)9-3-5-13(11,12)6-4-9/h1-6H2. The number of sulfone groups is 1. The van der Waals surface area contributed by atoms with Crippen molar-refractivity contribution in [1.29, 1.82) is 0 Å². The van der Waals surface area contributed by atoms with Crippen LogP contribution in [0.2, 0.25) is 0 Å². The summed E-state index contributed by atoms with van der Waals surface area (Å²) in [7, 11) is -2.87. The molecule has 0 aromatic carbocycles. The van der Waals surface area contributed by atoms with Crippen LogP contribution in [-0.2, 0) is 14.6 Å². The highest BCUT2D eigenvalue weighted by molar-refractivity contribution is 9.09. The summed E-state index contributed by atoms with van der Waals surface area (Å²) < 4.78 is 22.1. The number of amides is 1. The summed E-state index contributed by atoms with van der Waals surface area (Å²) in [4.78, 5) is 12.9. The van der Waals surface area contributed by atoms with Gasteiger partial charge in [0, 0.05) is 24.8 Å². The maximum atomic E-state index is 11.3. The summed E-state index contributed by atoms with van der Waals surface area (Å²) in [6.45, 7) is 0.711. The van der Waals surface area contributed by atoms with Crippen molar-refractivity contribution in [2.75, 3.05) is 29.9 Å².